The number of fused-ring (bicyclic) bond motifs is 4. The molecule has 2 aliphatic rings. The van der Waals surface area contributed by atoms with Crippen LogP contribution in [0.1, 0.15) is 49.9 Å². The van der Waals surface area contributed by atoms with Gasteiger partial charge in [0.2, 0.25) is 0 Å². The Labute approximate surface area is 302 Å². The summed E-state index contributed by atoms with van der Waals surface area (Å²) in [5.74, 6) is 0. The van der Waals surface area contributed by atoms with E-state index in [-0.39, 0.29) is 17.5 Å². The molecule has 0 aromatic heterocycles. The van der Waals surface area contributed by atoms with E-state index < -0.39 is 0 Å². The van der Waals surface area contributed by atoms with Gasteiger partial charge in [0, 0.05) is 45.0 Å². The summed E-state index contributed by atoms with van der Waals surface area (Å²) < 4.78 is 0. The molecule has 0 radical (unpaired) electrons. The van der Waals surface area contributed by atoms with Crippen molar-refractivity contribution in [2.75, 3.05) is 9.80 Å². The Kier molecular flexibility index (Phi) is 7.29. The summed E-state index contributed by atoms with van der Waals surface area (Å²) in [5.41, 5.74) is 16.2. The zero-order valence-corrected chi connectivity index (χ0v) is 29.7. The minimum absolute atomic E-state index is 0.0363. The first-order valence-corrected chi connectivity index (χ1v) is 18.1. The molecule has 246 valence electrons. The number of hydrogen-bond acceptors (Lipinski definition) is 2. The second-order valence-corrected chi connectivity index (χ2v) is 15.0. The summed E-state index contributed by atoms with van der Waals surface area (Å²) in [5, 5.41) is 0. The average Bonchev–Trinajstić information content (AvgIpc) is 3.18. The number of rotatable bonds is 6. The van der Waals surface area contributed by atoms with Crippen molar-refractivity contribution in [1.29, 1.82) is 0 Å². The Hall–Kier alpha value is -5.80. The van der Waals surface area contributed by atoms with Gasteiger partial charge in [-0.1, -0.05) is 155 Å². The lowest BCUT2D eigenvalue weighted by molar-refractivity contribution is 0.641. The molecule has 2 nitrogen and oxygen atoms in total. The summed E-state index contributed by atoms with van der Waals surface area (Å²) in [6, 6.07) is 64.8. The molecule has 9 rings (SSSR count). The highest BCUT2D eigenvalue weighted by atomic mass is 15.2. The minimum Gasteiger partial charge on any atom is -0.311 e. The van der Waals surface area contributed by atoms with Gasteiger partial charge in [0.05, 0.1) is 0 Å². The maximum absolute atomic E-state index is 2.51. The molecule has 0 spiro atoms. The van der Waals surface area contributed by atoms with Gasteiger partial charge < -0.3 is 9.80 Å². The van der Waals surface area contributed by atoms with Crippen LogP contribution in [0, 0.1) is 0 Å². The molecule has 0 aliphatic carbocycles. The van der Waals surface area contributed by atoms with Crippen molar-refractivity contribution in [3.63, 3.8) is 0 Å². The molecule has 2 aliphatic heterocycles. The van der Waals surface area contributed by atoms with Gasteiger partial charge in [-0.05, 0) is 87.2 Å². The van der Waals surface area contributed by atoms with Gasteiger partial charge >= 0.3 is 0 Å². The van der Waals surface area contributed by atoms with Crippen molar-refractivity contribution in [3.8, 4) is 0 Å². The van der Waals surface area contributed by atoms with Crippen molar-refractivity contribution >= 4 is 57.2 Å². The molecule has 3 heteroatoms. The van der Waals surface area contributed by atoms with E-state index in [0.29, 0.717) is 0 Å². The van der Waals surface area contributed by atoms with Gasteiger partial charge in [0.15, 0.2) is 0 Å². The van der Waals surface area contributed by atoms with E-state index >= 15 is 0 Å². The first kappa shape index (κ1) is 31.2. The monoisotopic (exact) mass is 656 g/mol. The molecule has 0 bridgehead atoms. The maximum Gasteiger partial charge on any atom is 0.252 e. The zero-order chi connectivity index (χ0) is 34.7. The predicted molar refractivity (Wildman–Crippen MR) is 218 cm³/mol. The first-order valence-electron chi connectivity index (χ1n) is 18.1. The second kappa shape index (κ2) is 11.9. The van der Waals surface area contributed by atoms with Gasteiger partial charge in [0.25, 0.3) is 6.71 Å². The molecule has 2 heterocycles. The van der Waals surface area contributed by atoms with Gasteiger partial charge in [-0.3, -0.25) is 0 Å². The lowest BCUT2D eigenvalue weighted by Crippen LogP contribution is -2.63. The number of benzene rings is 7. The first-order chi connectivity index (χ1) is 24.9. The highest BCUT2D eigenvalue weighted by Gasteiger charge is 2.46. The molecule has 0 saturated carbocycles. The van der Waals surface area contributed by atoms with Gasteiger partial charge in [0.1, 0.15) is 0 Å². The molecule has 51 heavy (non-hydrogen) atoms. The third-order valence-corrected chi connectivity index (χ3v) is 11.4. The van der Waals surface area contributed by atoms with Crippen molar-refractivity contribution < 1.29 is 0 Å². The molecule has 7 aromatic carbocycles. The van der Waals surface area contributed by atoms with Crippen LogP contribution in [0.5, 0.6) is 0 Å². The number of anilines is 6. The van der Waals surface area contributed by atoms with Crippen LogP contribution in [0.2, 0.25) is 0 Å². The fourth-order valence-electron chi connectivity index (χ4n) is 8.65. The van der Waals surface area contributed by atoms with Crippen LogP contribution in [0.3, 0.4) is 0 Å². The fraction of sp³-hybridized carbons (Fsp3) is 0.125. The Morgan fingerprint density at radius 1 is 0.373 bits per heavy atom. The molecule has 0 amide bonds. The molecule has 0 N–H and O–H groups in total. The van der Waals surface area contributed by atoms with E-state index in [4.69, 9.17) is 0 Å². The summed E-state index contributed by atoms with van der Waals surface area (Å²) in [7, 11) is 0. The molecule has 0 atom stereocenters. The number of nitrogens with zero attached hydrogens (tertiary/aromatic N) is 2. The van der Waals surface area contributed by atoms with E-state index in [9.17, 15) is 0 Å². The molecular weight excluding hydrogens is 615 g/mol. The predicted octanol–water partition coefficient (Wildman–Crippen LogP) is 10.4. The van der Waals surface area contributed by atoms with Crippen molar-refractivity contribution in [2.45, 2.75) is 38.5 Å². The van der Waals surface area contributed by atoms with Crippen LogP contribution in [-0.2, 0) is 10.8 Å². The quantitative estimate of drug-likeness (QED) is 0.164. The zero-order valence-electron chi connectivity index (χ0n) is 29.7. The average molecular weight is 657 g/mol. The molecule has 0 unspecified atom stereocenters. The summed E-state index contributed by atoms with van der Waals surface area (Å²) in [6.45, 7) is 9.50. The van der Waals surface area contributed by atoms with Crippen LogP contribution >= 0.6 is 0 Å². The third kappa shape index (κ3) is 4.87. The van der Waals surface area contributed by atoms with E-state index in [2.05, 4.69) is 213 Å². The Morgan fingerprint density at radius 2 is 0.824 bits per heavy atom. The largest absolute Gasteiger partial charge is 0.311 e. The van der Waals surface area contributed by atoms with E-state index in [0.717, 1.165) is 11.4 Å². The highest BCUT2D eigenvalue weighted by molar-refractivity contribution is 7.00. The van der Waals surface area contributed by atoms with E-state index in [1.807, 2.05) is 0 Å². The maximum atomic E-state index is 2.51. The smallest absolute Gasteiger partial charge is 0.252 e. The molecule has 0 saturated heterocycles. The minimum atomic E-state index is -0.243. The second-order valence-electron chi connectivity index (χ2n) is 15.0. The summed E-state index contributed by atoms with van der Waals surface area (Å²) in [6.07, 6.45) is 0. The highest BCUT2D eigenvalue weighted by Crippen LogP contribution is 2.46. The Bertz CT molecular complexity index is 2370. The molecule has 0 fully saturated rings. The topological polar surface area (TPSA) is 6.48 Å². The van der Waals surface area contributed by atoms with Crippen LogP contribution in [0.15, 0.2) is 176 Å². The van der Waals surface area contributed by atoms with Crippen LogP contribution in [-0.4, -0.2) is 6.71 Å². The van der Waals surface area contributed by atoms with Crippen molar-refractivity contribution in [1.82, 2.24) is 0 Å². The van der Waals surface area contributed by atoms with E-state index in [1.54, 1.807) is 0 Å². The van der Waals surface area contributed by atoms with Crippen LogP contribution in [0.25, 0.3) is 0 Å². The lowest BCUT2D eigenvalue weighted by Gasteiger charge is -2.46. The normalized spacial score (nSPS) is 13.4. The van der Waals surface area contributed by atoms with Crippen LogP contribution in [0.4, 0.5) is 34.1 Å². The summed E-state index contributed by atoms with van der Waals surface area (Å²) >= 11 is 0. The summed E-state index contributed by atoms with van der Waals surface area (Å²) in [4.78, 5) is 5.00. The Morgan fingerprint density at radius 3 is 1.37 bits per heavy atom. The molecule has 7 aromatic rings. The number of hydrogen-bond donors (Lipinski definition) is 0. The Balaban J connectivity index is 1.37. The van der Waals surface area contributed by atoms with Crippen molar-refractivity contribution in [2.24, 2.45) is 0 Å². The standard InChI is InChI=1S/C48H41BN2/c1-47(2,34-19-9-5-10-20-34)36-31-32-40-44(33-36)51(38-25-15-8-16-26-38)43-30-18-29-42-46(43)49(40)45-39(48(3,4)35-21-11-6-12-22-35)27-17-28-41(45)50(42)37-23-13-7-14-24-37/h5-33H,1-4H3. The van der Waals surface area contributed by atoms with Gasteiger partial charge in [-0.2, -0.15) is 0 Å². The van der Waals surface area contributed by atoms with Crippen LogP contribution < -0.4 is 26.2 Å². The number of para-hydroxylation sites is 2. The van der Waals surface area contributed by atoms with Gasteiger partial charge in [-0.15, -0.1) is 0 Å². The van der Waals surface area contributed by atoms with Crippen molar-refractivity contribution in [3.05, 3.63) is 198 Å². The van der Waals surface area contributed by atoms with E-state index in [1.165, 1.54) is 61.4 Å². The van der Waals surface area contributed by atoms with Gasteiger partial charge in [-0.25, -0.2) is 0 Å². The lowest BCUT2D eigenvalue weighted by atomic mass is 9.32. The SMILES string of the molecule is CC(C)(c1ccccc1)c1ccc2c(c1)N(c1ccccc1)c1cccc3c1B2c1c(cccc1C(C)(C)c1ccccc1)N3c1ccccc1. The third-order valence-electron chi connectivity index (χ3n) is 11.4. The fourth-order valence-corrected chi connectivity index (χ4v) is 8.65. The molecular formula is C48H41BN2.